The van der Waals surface area contributed by atoms with E-state index >= 15 is 0 Å². The first-order chi connectivity index (χ1) is 9.17. The smallest absolute Gasteiger partial charge is 0.328 e. The molecule has 1 aromatic rings. The monoisotopic (exact) mass is 281 g/mol. The lowest BCUT2D eigenvalue weighted by molar-refractivity contribution is -0.138. The number of carboxylic acids is 1. The zero-order chi connectivity index (χ0) is 14.1. The van der Waals surface area contributed by atoms with Crippen LogP contribution in [0.5, 0.6) is 0 Å². The molecule has 1 heterocycles. The number of thiazole rings is 1. The van der Waals surface area contributed by atoms with Crippen molar-refractivity contribution in [1.82, 2.24) is 4.98 Å². The van der Waals surface area contributed by atoms with E-state index in [1.165, 1.54) is 11.3 Å². The topological polar surface area (TPSA) is 88.6 Å². The van der Waals surface area contributed by atoms with Gasteiger partial charge in [0.15, 0.2) is 0 Å². The predicted octanol–water partition coefficient (Wildman–Crippen LogP) is 2.20. The quantitative estimate of drug-likeness (QED) is 0.715. The first-order valence-electron chi connectivity index (χ1n) is 6.22. The molecule has 0 saturated heterocycles. The van der Waals surface area contributed by atoms with E-state index < -0.39 is 12.0 Å². The minimum Gasteiger partial charge on any atom is -0.480 e. The average Bonchev–Trinajstić information content (AvgIpc) is 2.89. The fraction of sp³-hybridized carbons (Fsp3) is 0.462. The Labute approximate surface area is 116 Å². The molecule has 0 aliphatic rings. The van der Waals surface area contributed by atoms with E-state index in [-0.39, 0.29) is 0 Å². The van der Waals surface area contributed by atoms with Gasteiger partial charge in [-0.15, -0.1) is 11.3 Å². The number of hydrogen-bond donors (Lipinski definition) is 2. The maximum atomic E-state index is 11.0. The molecule has 5 nitrogen and oxygen atoms in total. The summed E-state index contributed by atoms with van der Waals surface area (Å²) in [6.45, 7) is 2.48. The van der Waals surface area contributed by atoms with Crippen molar-refractivity contribution in [2.24, 2.45) is 10.7 Å². The second kappa shape index (κ2) is 8.55. The van der Waals surface area contributed by atoms with Crippen molar-refractivity contribution >= 4 is 29.6 Å². The number of rotatable bonds is 8. The molecule has 0 aromatic carbocycles. The van der Waals surface area contributed by atoms with E-state index in [1.54, 1.807) is 11.7 Å². The Bertz CT molecular complexity index is 441. The van der Waals surface area contributed by atoms with Crippen LogP contribution in [-0.4, -0.2) is 34.9 Å². The summed E-state index contributed by atoms with van der Waals surface area (Å²) in [4.78, 5) is 19.3. The Morgan fingerprint density at radius 1 is 1.68 bits per heavy atom. The van der Waals surface area contributed by atoms with Crippen LogP contribution in [0.1, 0.15) is 31.9 Å². The van der Waals surface area contributed by atoms with Gasteiger partial charge in [-0.1, -0.05) is 6.92 Å². The van der Waals surface area contributed by atoms with E-state index in [1.807, 2.05) is 18.4 Å². The van der Waals surface area contributed by atoms with E-state index in [4.69, 9.17) is 10.8 Å². The molecule has 0 amide bonds. The van der Waals surface area contributed by atoms with Crippen molar-refractivity contribution in [3.8, 4) is 0 Å². The van der Waals surface area contributed by atoms with Crippen molar-refractivity contribution in [2.75, 3.05) is 6.54 Å². The molecular weight excluding hydrogens is 262 g/mol. The molecule has 3 N–H and O–H groups in total. The zero-order valence-corrected chi connectivity index (χ0v) is 11.8. The zero-order valence-electron chi connectivity index (χ0n) is 11.0. The van der Waals surface area contributed by atoms with Crippen LogP contribution in [0.4, 0.5) is 0 Å². The van der Waals surface area contributed by atoms with Gasteiger partial charge in [0.25, 0.3) is 0 Å². The van der Waals surface area contributed by atoms with Crippen molar-refractivity contribution in [3.63, 3.8) is 0 Å². The Kier molecular flexibility index (Phi) is 6.99. The third kappa shape index (κ3) is 5.76. The van der Waals surface area contributed by atoms with Gasteiger partial charge in [-0.3, -0.25) is 4.99 Å². The molecule has 0 fully saturated rings. The summed E-state index contributed by atoms with van der Waals surface area (Å²) in [5.74, 6) is -0.909. The van der Waals surface area contributed by atoms with Crippen molar-refractivity contribution < 1.29 is 9.90 Å². The summed E-state index contributed by atoms with van der Waals surface area (Å²) in [5.41, 5.74) is 8.99. The summed E-state index contributed by atoms with van der Waals surface area (Å²) in [5, 5.41) is 11.0. The summed E-state index contributed by atoms with van der Waals surface area (Å²) < 4.78 is 0. The first-order valence-corrected chi connectivity index (χ1v) is 7.16. The standard InChI is InChI=1S/C13H19N3O2S/c1-2-10(6-11-8-19-9-16-11)7-15-12(13(17)18)4-3-5-14/h6-9,12H,2-5,14H2,1H3,(H,17,18)/b10-6+,15-7?. The van der Waals surface area contributed by atoms with Crippen LogP contribution in [0, 0.1) is 0 Å². The lowest BCUT2D eigenvalue weighted by Gasteiger charge is -2.06. The number of aliphatic imine (C=N–C) groups is 1. The Morgan fingerprint density at radius 2 is 2.47 bits per heavy atom. The summed E-state index contributed by atoms with van der Waals surface area (Å²) >= 11 is 1.52. The van der Waals surface area contributed by atoms with Gasteiger partial charge in [0.2, 0.25) is 0 Å². The van der Waals surface area contributed by atoms with Gasteiger partial charge in [0.05, 0.1) is 11.2 Å². The van der Waals surface area contributed by atoms with Crippen LogP contribution < -0.4 is 5.73 Å². The molecule has 1 atom stereocenters. The normalized spacial score (nSPS) is 13.9. The maximum absolute atomic E-state index is 11.0. The van der Waals surface area contributed by atoms with Gasteiger partial charge in [0, 0.05) is 11.6 Å². The number of carboxylic acid groups (broad SMARTS) is 1. The van der Waals surface area contributed by atoms with Crippen LogP contribution in [-0.2, 0) is 4.79 Å². The highest BCUT2D eigenvalue weighted by Crippen LogP contribution is 2.10. The SMILES string of the molecule is CC/C(C=NC(CCCN)C(=O)O)=C\c1cscn1. The van der Waals surface area contributed by atoms with Gasteiger partial charge in [-0.2, -0.15) is 0 Å². The fourth-order valence-corrected chi connectivity index (χ4v) is 1.98. The number of carbonyl (C=O) groups is 1. The number of allylic oxidation sites excluding steroid dienone is 1. The average molecular weight is 281 g/mol. The van der Waals surface area contributed by atoms with Crippen LogP contribution in [0.3, 0.4) is 0 Å². The number of hydrogen-bond acceptors (Lipinski definition) is 5. The highest BCUT2D eigenvalue weighted by atomic mass is 32.1. The van der Waals surface area contributed by atoms with Gasteiger partial charge in [-0.25, -0.2) is 9.78 Å². The number of nitrogens with zero attached hydrogens (tertiary/aromatic N) is 2. The Balaban J connectivity index is 2.72. The highest BCUT2D eigenvalue weighted by molar-refractivity contribution is 7.07. The molecule has 19 heavy (non-hydrogen) atoms. The second-order valence-electron chi connectivity index (χ2n) is 4.05. The molecular formula is C13H19N3O2S. The maximum Gasteiger partial charge on any atom is 0.328 e. The first kappa shape index (κ1) is 15.5. The molecule has 1 rings (SSSR count). The molecule has 0 aliphatic carbocycles. The van der Waals surface area contributed by atoms with Crippen molar-refractivity contribution in [2.45, 2.75) is 32.2 Å². The number of nitrogens with two attached hydrogens (primary N) is 1. The number of aromatic nitrogens is 1. The van der Waals surface area contributed by atoms with Crippen LogP contribution in [0.2, 0.25) is 0 Å². The Hall–Kier alpha value is -1.53. The van der Waals surface area contributed by atoms with Crippen LogP contribution in [0.15, 0.2) is 21.5 Å². The highest BCUT2D eigenvalue weighted by Gasteiger charge is 2.14. The molecule has 104 valence electrons. The lowest BCUT2D eigenvalue weighted by Crippen LogP contribution is -2.19. The van der Waals surface area contributed by atoms with Crippen molar-refractivity contribution in [3.05, 3.63) is 22.2 Å². The van der Waals surface area contributed by atoms with Gasteiger partial charge >= 0.3 is 5.97 Å². The minimum absolute atomic E-state index is 0.468. The van der Waals surface area contributed by atoms with Gasteiger partial charge in [-0.05, 0) is 37.5 Å². The van der Waals surface area contributed by atoms with Gasteiger partial charge < -0.3 is 10.8 Å². The lowest BCUT2D eigenvalue weighted by atomic mass is 10.1. The largest absolute Gasteiger partial charge is 0.480 e. The van der Waals surface area contributed by atoms with E-state index in [0.29, 0.717) is 19.4 Å². The number of aliphatic carboxylic acids is 1. The van der Waals surface area contributed by atoms with Crippen LogP contribution in [0.25, 0.3) is 6.08 Å². The molecule has 0 spiro atoms. The predicted molar refractivity (Wildman–Crippen MR) is 78.6 cm³/mol. The van der Waals surface area contributed by atoms with Gasteiger partial charge in [0.1, 0.15) is 6.04 Å². The fourth-order valence-electron chi connectivity index (χ4n) is 1.47. The second-order valence-corrected chi connectivity index (χ2v) is 4.77. The van der Waals surface area contributed by atoms with E-state index in [2.05, 4.69) is 9.98 Å². The summed E-state index contributed by atoms with van der Waals surface area (Å²) in [7, 11) is 0. The summed E-state index contributed by atoms with van der Waals surface area (Å²) in [6, 6.07) is -0.714. The van der Waals surface area contributed by atoms with E-state index in [0.717, 1.165) is 17.7 Å². The minimum atomic E-state index is -0.909. The molecule has 1 unspecified atom stereocenters. The van der Waals surface area contributed by atoms with Crippen molar-refractivity contribution in [1.29, 1.82) is 0 Å². The molecule has 0 aliphatic heterocycles. The van der Waals surface area contributed by atoms with Crippen LogP contribution >= 0.6 is 11.3 Å². The summed E-state index contributed by atoms with van der Waals surface area (Å²) in [6.07, 6.45) is 5.46. The molecule has 0 bridgehead atoms. The molecule has 0 saturated carbocycles. The Morgan fingerprint density at radius 3 is 3.00 bits per heavy atom. The molecule has 6 heteroatoms. The third-order valence-electron chi connectivity index (χ3n) is 2.58. The third-order valence-corrected chi connectivity index (χ3v) is 3.18. The van der Waals surface area contributed by atoms with E-state index in [9.17, 15) is 4.79 Å². The molecule has 0 radical (unpaired) electrons. The molecule has 1 aromatic heterocycles.